The van der Waals surface area contributed by atoms with E-state index in [2.05, 4.69) is 9.82 Å². The van der Waals surface area contributed by atoms with Crippen LogP contribution in [-0.2, 0) is 11.4 Å². The highest BCUT2D eigenvalue weighted by atomic mass is 32.1. The molecule has 0 spiro atoms. The summed E-state index contributed by atoms with van der Waals surface area (Å²) < 4.78 is 0. The SMILES string of the molecule is NOCc1cccc(-c2nccs2)c1. The van der Waals surface area contributed by atoms with E-state index in [1.54, 1.807) is 17.5 Å². The molecule has 4 heteroatoms. The molecule has 0 atom stereocenters. The lowest BCUT2D eigenvalue weighted by atomic mass is 10.1. The van der Waals surface area contributed by atoms with Crippen molar-refractivity contribution in [1.82, 2.24) is 4.98 Å². The summed E-state index contributed by atoms with van der Waals surface area (Å²) in [6.07, 6.45) is 1.80. The molecule has 0 fully saturated rings. The summed E-state index contributed by atoms with van der Waals surface area (Å²) >= 11 is 1.62. The second-order valence-corrected chi connectivity index (χ2v) is 3.74. The highest BCUT2D eigenvalue weighted by Gasteiger charge is 2.00. The molecule has 2 N–H and O–H groups in total. The number of thiazole rings is 1. The van der Waals surface area contributed by atoms with Crippen LogP contribution in [0.15, 0.2) is 35.8 Å². The first-order valence-electron chi connectivity index (χ1n) is 4.20. The van der Waals surface area contributed by atoms with Crippen molar-refractivity contribution < 1.29 is 4.84 Å². The monoisotopic (exact) mass is 206 g/mol. The minimum Gasteiger partial charge on any atom is -0.300 e. The minimum absolute atomic E-state index is 0.430. The van der Waals surface area contributed by atoms with E-state index in [-0.39, 0.29) is 0 Å². The molecule has 1 aromatic carbocycles. The predicted molar refractivity (Wildman–Crippen MR) is 56.5 cm³/mol. The summed E-state index contributed by atoms with van der Waals surface area (Å²) in [4.78, 5) is 8.82. The third kappa shape index (κ3) is 1.98. The number of hydrogen-bond donors (Lipinski definition) is 1. The summed E-state index contributed by atoms with van der Waals surface area (Å²) in [7, 11) is 0. The molecule has 0 aliphatic heterocycles. The Kier molecular flexibility index (Phi) is 2.88. The molecule has 72 valence electrons. The third-order valence-corrected chi connectivity index (χ3v) is 2.68. The van der Waals surface area contributed by atoms with E-state index in [1.165, 1.54) is 0 Å². The summed E-state index contributed by atoms with van der Waals surface area (Å²) in [5.41, 5.74) is 2.16. The molecule has 0 aliphatic rings. The van der Waals surface area contributed by atoms with Gasteiger partial charge in [-0.15, -0.1) is 11.3 Å². The van der Waals surface area contributed by atoms with Gasteiger partial charge in [-0.2, -0.15) is 0 Å². The molecule has 1 heterocycles. The molecule has 0 aliphatic carbocycles. The molecule has 0 saturated carbocycles. The van der Waals surface area contributed by atoms with Gasteiger partial charge in [0.15, 0.2) is 0 Å². The zero-order valence-electron chi connectivity index (χ0n) is 7.51. The Hall–Kier alpha value is -1.23. The fourth-order valence-electron chi connectivity index (χ4n) is 1.26. The Bertz CT molecular complexity index is 400. The van der Waals surface area contributed by atoms with Gasteiger partial charge < -0.3 is 0 Å². The first kappa shape index (κ1) is 9.33. The number of nitrogens with zero attached hydrogens (tertiary/aromatic N) is 1. The van der Waals surface area contributed by atoms with Gasteiger partial charge in [0.2, 0.25) is 0 Å². The van der Waals surface area contributed by atoms with Crippen molar-refractivity contribution in [3.63, 3.8) is 0 Å². The average Bonchev–Trinajstić information content (AvgIpc) is 2.71. The van der Waals surface area contributed by atoms with Crippen molar-refractivity contribution in [3.05, 3.63) is 41.4 Å². The molecule has 0 saturated heterocycles. The van der Waals surface area contributed by atoms with Crippen LogP contribution in [0.1, 0.15) is 5.56 Å². The maximum Gasteiger partial charge on any atom is 0.123 e. The lowest BCUT2D eigenvalue weighted by molar-refractivity contribution is 0.124. The van der Waals surface area contributed by atoms with Gasteiger partial charge in [-0.05, 0) is 11.6 Å². The average molecular weight is 206 g/mol. The summed E-state index contributed by atoms with van der Waals surface area (Å²) in [6.45, 7) is 0.430. The minimum atomic E-state index is 0.430. The molecule has 2 rings (SSSR count). The van der Waals surface area contributed by atoms with Crippen molar-refractivity contribution in [2.45, 2.75) is 6.61 Å². The van der Waals surface area contributed by atoms with Gasteiger partial charge in [0, 0.05) is 17.1 Å². The molecule has 0 bridgehead atoms. The first-order valence-corrected chi connectivity index (χ1v) is 5.08. The van der Waals surface area contributed by atoms with E-state index in [9.17, 15) is 0 Å². The molecule has 1 aromatic heterocycles. The molecular weight excluding hydrogens is 196 g/mol. The van der Waals surface area contributed by atoms with Crippen molar-refractivity contribution in [2.75, 3.05) is 0 Å². The van der Waals surface area contributed by atoms with Gasteiger partial charge in [-0.25, -0.2) is 10.9 Å². The highest BCUT2D eigenvalue weighted by molar-refractivity contribution is 7.13. The lowest BCUT2D eigenvalue weighted by Crippen LogP contribution is -1.98. The number of benzene rings is 1. The molecule has 14 heavy (non-hydrogen) atoms. The van der Waals surface area contributed by atoms with Crippen LogP contribution in [0.25, 0.3) is 10.6 Å². The van der Waals surface area contributed by atoms with Crippen LogP contribution in [0, 0.1) is 0 Å². The molecule has 0 amide bonds. The fourth-order valence-corrected chi connectivity index (χ4v) is 1.89. The normalized spacial score (nSPS) is 10.4. The van der Waals surface area contributed by atoms with Crippen molar-refractivity contribution in [2.24, 2.45) is 5.90 Å². The van der Waals surface area contributed by atoms with Crippen LogP contribution < -0.4 is 5.90 Å². The van der Waals surface area contributed by atoms with Crippen molar-refractivity contribution in [3.8, 4) is 10.6 Å². The highest BCUT2D eigenvalue weighted by Crippen LogP contribution is 2.22. The molecule has 0 unspecified atom stereocenters. The van der Waals surface area contributed by atoms with Gasteiger partial charge in [0.1, 0.15) is 5.01 Å². The topological polar surface area (TPSA) is 48.1 Å². The van der Waals surface area contributed by atoms with Crippen LogP contribution >= 0.6 is 11.3 Å². The van der Waals surface area contributed by atoms with Gasteiger partial charge in [0.05, 0.1) is 6.61 Å². The van der Waals surface area contributed by atoms with E-state index in [1.807, 2.05) is 29.6 Å². The van der Waals surface area contributed by atoms with Crippen LogP contribution in [-0.4, -0.2) is 4.98 Å². The Morgan fingerprint density at radius 3 is 3.07 bits per heavy atom. The second kappa shape index (κ2) is 4.32. The Labute approximate surface area is 86.1 Å². The molecular formula is C10H10N2OS. The number of nitrogens with two attached hydrogens (primary N) is 1. The van der Waals surface area contributed by atoms with Crippen LogP contribution in [0.4, 0.5) is 0 Å². The van der Waals surface area contributed by atoms with Gasteiger partial charge >= 0.3 is 0 Å². The van der Waals surface area contributed by atoms with Gasteiger partial charge in [-0.3, -0.25) is 4.84 Å². The summed E-state index contributed by atoms with van der Waals surface area (Å²) in [6, 6.07) is 8.01. The third-order valence-electron chi connectivity index (χ3n) is 1.86. The van der Waals surface area contributed by atoms with Crippen LogP contribution in [0.3, 0.4) is 0 Å². The standard InChI is InChI=1S/C10H10N2OS/c11-13-7-8-2-1-3-9(6-8)10-12-4-5-14-10/h1-6H,7,11H2. The predicted octanol–water partition coefficient (Wildman–Crippen LogP) is 2.20. The van der Waals surface area contributed by atoms with E-state index >= 15 is 0 Å². The van der Waals surface area contributed by atoms with E-state index in [0.717, 1.165) is 16.1 Å². The zero-order chi connectivity index (χ0) is 9.80. The Balaban J connectivity index is 2.31. The molecule has 2 aromatic rings. The van der Waals surface area contributed by atoms with Crippen LogP contribution in [0.2, 0.25) is 0 Å². The first-order chi connectivity index (χ1) is 6.90. The smallest absolute Gasteiger partial charge is 0.123 e. The van der Waals surface area contributed by atoms with Crippen LogP contribution in [0.5, 0.6) is 0 Å². The van der Waals surface area contributed by atoms with Crippen molar-refractivity contribution >= 4 is 11.3 Å². The van der Waals surface area contributed by atoms with Gasteiger partial charge in [-0.1, -0.05) is 18.2 Å². The number of rotatable bonds is 3. The van der Waals surface area contributed by atoms with Gasteiger partial charge in [0.25, 0.3) is 0 Å². The zero-order valence-corrected chi connectivity index (χ0v) is 8.33. The number of hydrogen-bond acceptors (Lipinski definition) is 4. The fraction of sp³-hybridized carbons (Fsp3) is 0.100. The Morgan fingerprint density at radius 1 is 1.43 bits per heavy atom. The quantitative estimate of drug-likeness (QED) is 0.783. The summed E-state index contributed by atoms with van der Waals surface area (Å²) in [5.74, 6) is 5.02. The molecule has 3 nitrogen and oxygen atoms in total. The second-order valence-electron chi connectivity index (χ2n) is 2.85. The maximum atomic E-state index is 5.02. The van der Waals surface area contributed by atoms with Crippen molar-refractivity contribution in [1.29, 1.82) is 0 Å². The molecule has 0 radical (unpaired) electrons. The largest absolute Gasteiger partial charge is 0.300 e. The van der Waals surface area contributed by atoms with E-state index in [4.69, 9.17) is 5.90 Å². The lowest BCUT2D eigenvalue weighted by Gasteiger charge is -2.01. The maximum absolute atomic E-state index is 5.02. The number of aromatic nitrogens is 1. The van der Waals surface area contributed by atoms with E-state index in [0.29, 0.717) is 6.61 Å². The summed E-state index contributed by atoms with van der Waals surface area (Å²) in [5, 5.41) is 2.98. The Morgan fingerprint density at radius 2 is 2.36 bits per heavy atom. The van der Waals surface area contributed by atoms with E-state index < -0.39 is 0 Å².